The standard InChI is InChI=1S/C20H30N4O5S/c1-9-15-14(10(2)25)19(27)24(15)16(20(28)29)17(9)30-12-6-13(22(3)8-12)18(26)23-5-4-11(21)7-23/h9-15,25H,4-8,21H2,1-3H3,(H,28,29)/t9?,10?,11?,12?,13?,14?,15-/m0/s1. The van der Waals surface area contributed by atoms with E-state index in [1.54, 1.807) is 6.92 Å². The lowest BCUT2D eigenvalue weighted by atomic mass is 9.79. The van der Waals surface area contributed by atoms with E-state index in [-0.39, 0.29) is 46.8 Å². The van der Waals surface area contributed by atoms with Gasteiger partial charge in [-0.2, -0.15) is 0 Å². The Balaban J connectivity index is 1.49. The fourth-order valence-corrected chi connectivity index (χ4v) is 6.98. The Morgan fingerprint density at radius 2 is 2.00 bits per heavy atom. The van der Waals surface area contributed by atoms with Crippen molar-refractivity contribution in [1.29, 1.82) is 0 Å². The van der Waals surface area contributed by atoms with Crippen molar-refractivity contribution in [2.45, 2.75) is 56.2 Å². The quantitative estimate of drug-likeness (QED) is 0.491. The van der Waals surface area contributed by atoms with Crippen LogP contribution in [0.3, 0.4) is 0 Å². The molecule has 3 saturated heterocycles. The Bertz CT molecular complexity index is 802. The largest absolute Gasteiger partial charge is 0.477 e. The number of aliphatic carboxylic acids is 1. The molecule has 4 heterocycles. The topological polar surface area (TPSA) is 127 Å². The zero-order valence-corrected chi connectivity index (χ0v) is 18.3. The predicted octanol–water partition coefficient (Wildman–Crippen LogP) is -0.494. The number of aliphatic hydroxyl groups is 1. The minimum atomic E-state index is -1.12. The Hall–Kier alpha value is -1.62. The molecular formula is C20H30N4O5S. The molecule has 10 heteroatoms. The Kier molecular flexibility index (Phi) is 5.63. The number of nitrogens with zero attached hydrogens (tertiary/aromatic N) is 3. The predicted molar refractivity (Wildman–Crippen MR) is 111 cm³/mol. The maximum atomic E-state index is 12.9. The minimum absolute atomic E-state index is 0.0392. The van der Waals surface area contributed by atoms with Gasteiger partial charge in [0.1, 0.15) is 5.70 Å². The molecule has 9 nitrogen and oxygen atoms in total. The highest BCUT2D eigenvalue weighted by molar-refractivity contribution is 8.03. The van der Waals surface area contributed by atoms with Gasteiger partial charge in [-0.05, 0) is 26.8 Å². The first kappa shape index (κ1) is 21.6. The molecule has 7 atom stereocenters. The van der Waals surface area contributed by atoms with Crippen molar-refractivity contribution in [2.75, 3.05) is 26.7 Å². The second-order valence-electron chi connectivity index (χ2n) is 9.04. The maximum absolute atomic E-state index is 12.9. The fourth-order valence-electron chi connectivity index (χ4n) is 5.38. The van der Waals surface area contributed by atoms with Gasteiger partial charge >= 0.3 is 5.97 Å². The molecule has 0 bridgehead atoms. The van der Waals surface area contributed by atoms with E-state index in [4.69, 9.17) is 5.73 Å². The van der Waals surface area contributed by atoms with Gasteiger partial charge in [0.25, 0.3) is 0 Å². The number of aliphatic hydroxyl groups excluding tert-OH is 1. The van der Waals surface area contributed by atoms with Crippen LogP contribution >= 0.6 is 11.8 Å². The van der Waals surface area contributed by atoms with Gasteiger partial charge in [0.05, 0.1) is 24.1 Å². The number of carboxylic acid groups (broad SMARTS) is 1. The van der Waals surface area contributed by atoms with Gasteiger partial charge in [0.15, 0.2) is 0 Å². The summed E-state index contributed by atoms with van der Waals surface area (Å²) in [6.45, 7) is 5.44. The third-order valence-electron chi connectivity index (χ3n) is 6.94. The molecule has 4 aliphatic rings. The van der Waals surface area contributed by atoms with E-state index >= 15 is 0 Å². The number of nitrogens with two attached hydrogens (primary N) is 1. The molecule has 30 heavy (non-hydrogen) atoms. The van der Waals surface area contributed by atoms with Crippen molar-refractivity contribution in [3.05, 3.63) is 10.6 Å². The second kappa shape index (κ2) is 7.81. The summed E-state index contributed by atoms with van der Waals surface area (Å²) in [4.78, 5) is 43.3. The minimum Gasteiger partial charge on any atom is -0.477 e. The number of thioether (sulfide) groups is 1. The Labute approximate surface area is 180 Å². The lowest BCUT2D eigenvalue weighted by molar-refractivity contribution is -0.163. The van der Waals surface area contributed by atoms with E-state index in [1.807, 2.05) is 23.8 Å². The van der Waals surface area contributed by atoms with Crippen molar-refractivity contribution in [3.63, 3.8) is 0 Å². The second-order valence-corrected chi connectivity index (χ2v) is 10.4. The summed E-state index contributed by atoms with van der Waals surface area (Å²) >= 11 is 1.48. The summed E-state index contributed by atoms with van der Waals surface area (Å²) in [7, 11) is 1.92. The fraction of sp³-hybridized carbons (Fsp3) is 0.750. The van der Waals surface area contributed by atoms with E-state index in [0.717, 1.165) is 6.42 Å². The number of likely N-dealkylation sites (N-methyl/N-ethyl adjacent to an activating group) is 1. The molecule has 2 amide bonds. The van der Waals surface area contributed by atoms with E-state index < -0.39 is 18.0 Å². The average Bonchev–Trinajstić information content (AvgIpc) is 3.31. The summed E-state index contributed by atoms with van der Waals surface area (Å²) < 4.78 is 0. The van der Waals surface area contributed by atoms with Crippen molar-refractivity contribution >= 4 is 29.5 Å². The van der Waals surface area contributed by atoms with E-state index in [9.17, 15) is 24.6 Å². The van der Waals surface area contributed by atoms with Crippen LogP contribution in [0.5, 0.6) is 0 Å². The van der Waals surface area contributed by atoms with Crippen molar-refractivity contribution in [1.82, 2.24) is 14.7 Å². The number of amides is 2. The van der Waals surface area contributed by atoms with Crippen LogP contribution in [0.1, 0.15) is 26.7 Å². The molecular weight excluding hydrogens is 408 g/mol. The molecule has 0 spiro atoms. The summed E-state index contributed by atoms with van der Waals surface area (Å²) in [6.07, 6.45) is 0.641. The smallest absolute Gasteiger partial charge is 0.353 e. The van der Waals surface area contributed by atoms with Crippen molar-refractivity contribution < 1.29 is 24.6 Å². The highest BCUT2D eigenvalue weighted by Gasteiger charge is 2.60. The molecule has 166 valence electrons. The van der Waals surface area contributed by atoms with Crippen LogP contribution < -0.4 is 5.73 Å². The number of β-lactam (4-membered cyclic amide) rings is 1. The molecule has 4 rings (SSSR count). The monoisotopic (exact) mass is 438 g/mol. The van der Waals surface area contributed by atoms with Gasteiger partial charge in [0.2, 0.25) is 11.8 Å². The number of rotatable bonds is 5. The number of likely N-dealkylation sites (tertiary alicyclic amines) is 2. The van der Waals surface area contributed by atoms with Gasteiger partial charge in [-0.1, -0.05) is 6.92 Å². The number of hydrogen-bond acceptors (Lipinski definition) is 7. The number of hydrogen-bond donors (Lipinski definition) is 3. The summed E-state index contributed by atoms with van der Waals surface area (Å²) in [5.41, 5.74) is 5.99. The zero-order valence-electron chi connectivity index (χ0n) is 17.5. The van der Waals surface area contributed by atoms with Crippen LogP contribution in [0.4, 0.5) is 0 Å². The molecule has 0 aromatic carbocycles. The molecule has 6 unspecified atom stereocenters. The molecule has 3 fully saturated rings. The lowest BCUT2D eigenvalue weighted by Gasteiger charge is -2.46. The van der Waals surface area contributed by atoms with Gasteiger partial charge in [-0.3, -0.25) is 14.5 Å². The van der Waals surface area contributed by atoms with Gasteiger partial charge in [-0.25, -0.2) is 4.79 Å². The van der Waals surface area contributed by atoms with Gasteiger partial charge in [-0.15, -0.1) is 11.8 Å². The number of carbonyl (C=O) groups excluding carboxylic acids is 2. The summed E-state index contributed by atoms with van der Waals surface area (Å²) in [6, 6.07) is -0.506. The Morgan fingerprint density at radius 1 is 1.30 bits per heavy atom. The van der Waals surface area contributed by atoms with E-state index in [1.165, 1.54) is 16.7 Å². The summed E-state index contributed by atoms with van der Waals surface area (Å²) in [5, 5.41) is 19.8. The molecule has 0 saturated carbocycles. The highest BCUT2D eigenvalue weighted by Crippen LogP contribution is 2.52. The van der Waals surface area contributed by atoms with Crippen molar-refractivity contribution in [2.24, 2.45) is 17.6 Å². The SMILES string of the molecule is CC(O)C1C(=O)N2C(C(=O)O)=C(SC3CC(C(=O)N4CCC(N)C4)N(C)C3)C(C)[C@@H]12. The van der Waals surface area contributed by atoms with Gasteiger partial charge in [0, 0.05) is 41.7 Å². The van der Waals surface area contributed by atoms with Crippen LogP contribution in [-0.4, -0.2) is 98.9 Å². The van der Waals surface area contributed by atoms with E-state index in [0.29, 0.717) is 31.0 Å². The average molecular weight is 439 g/mol. The lowest BCUT2D eigenvalue weighted by Crippen LogP contribution is -2.63. The normalized spacial score (nSPS) is 37.6. The molecule has 4 aliphatic heterocycles. The van der Waals surface area contributed by atoms with Crippen LogP contribution in [0.15, 0.2) is 10.6 Å². The first-order chi connectivity index (χ1) is 14.1. The van der Waals surface area contributed by atoms with Crippen LogP contribution in [0, 0.1) is 11.8 Å². The highest BCUT2D eigenvalue weighted by atomic mass is 32.2. The third-order valence-corrected chi connectivity index (χ3v) is 8.43. The first-order valence-electron chi connectivity index (χ1n) is 10.5. The number of carboxylic acids is 1. The van der Waals surface area contributed by atoms with Gasteiger partial charge < -0.3 is 25.7 Å². The summed E-state index contributed by atoms with van der Waals surface area (Å²) in [5.74, 6) is -2.07. The molecule has 0 aliphatic carbocycles. The van der Waals surface area contributed by atoms with Crippen LogP contribution in [0.25, 0.3) is 0 Å². The zero-order chi connectivity index (χ0) is 21.9. The van der Waals surface area contributed by atoms with E-state index in [2.05, 4.69) is 0 Å². The van der Waals surface area contributed by atoms with Crippen LogP contribution in [0.2, 0.25) is 0 Å². The molecule has 0 radical (unpaired) electrons. The molecule has 4 N–H and O–H groups in total. The molecule has 0 aromatic rings. The number of fused-ring (bicyclic) bond motifs is 1. The third kappa shape index (κ3) is 3.34. The maximum Gasteiger partial charge on any atom is 0.353 e. The van der Waals surface area contributed by atoms with Crippen molar-refractivity contribution in [3.8, 4) is 0 Å². The number of carbonyl (C=O) groups is 3. The van der Waals surface area contributed by atoms with Crippen LogP contribution in [-0.2, 0) is 14.4 Å². The Morgan fingerprint density at radius 3 is 2.57 bits per heavy atom. The molecule has 0 aromatic heterocycles. The first-order valence-corrected chi connectivity index (χ1v) is 11.4.